The molecule has 2 N–H and O–H groups in total. The lowest BCUT2D eigenvalue weighted by Gasteiger charge is -2.21. The molecular formula is C17H23N3O2. The van der Waals surface area contributed by atoms with E-state index in [1.54, 1.807) is 7.11 Å². The molecule has 0 saturated heterocycles. The summed E-state index contributed by atoms with van der Waals surface area (Å²) in [7, 11) is 3.76. The first-order chi connectivity index (χ1) is 10.6. The maximum atomic E-state index is 12.3. The minimum Gasteiger partial charge on any atom is -0.496 e. The van der Waals surface area contributed by atoms with Crippen LogP contribution in [0.15, 0.2) is 16.9 Å². The molecule has 0 unspecified atom stereocenters. The minimum atomic E-state index is 0.0118. The first-order valence-electron chi connectivity index (χ1n) is 7.82. The maximum Gasteiger partial charge on any atom is 0.253 e. The largest absolute Gasteiger partial charge is 0.496 e. The average Bonchev–Trinajstić information content (AvgIpc) is 2.54. The minimum absolute atomic E-state index is 0.0118. The molecule has 1 aromatic heterocycles. The van der Waals surface area contributed by atoms with Crippen molar-refractivity contribution >= 4 is 16.6 Å². The standard InChI is InChI=1S/C17H23N3O2/c1-4-20(2)10-11-8-13-15(14(9-11)22-3)16-12(17(21)19-13)6-5-7-18-16/h8-9,18H,4-7,10H2,1-3H3,(H,19,21). The van der Waals surface area contributed by atoms with Crippen molar-refractivity contribution in [3.8, 4) is 5.75 Å². The van der Waals surface area contributed by atoms with Crippen LogP contribution in [0, 0.1) is 0 Å². The normalized spacial score (nSPS) is 14.0. The van der Waals surface area contributed by atoms with Gasteiger partial charge in [-0.1, -0.05) is 6.92 Å². The van der Waals surface area contributed by atoms with E-state index >= 15 is 0 Å². The third-order valence-corrected chi connectivity index (χ3v) is 4.35. The molecule has 5 heteroatoms. The van der Waals surface area contributed by atoms with Crippen molar-refractivity contribution in [1.29, 1.82) is 0 Å². The number of methoxy groups -OCH3 is 1. The van der Waals surface area contributed by atoms with Gasteiger partial charge in [0.05, 0.1) is 23.7 Å². The summed E-state index contributed by atoms with van der Waals surface area (Å²) in [4.78, 5) is 17.6. The van der Waals surface area contributed by atoms with Crippen molar-refractivity contribution in [3.05, 3.63) is 33.6 Å². The van der Waals surface area contributed by atoms with Crippen LogP contribution in [0.4, 0.5) is 5.69 Å². The number of hydrogen-bond donors (Lipinski definition) is 2. The Morgan fingerprint density at radius 3 is 2.91 bits per heavy atom. The zero-order chi connectivity index (χ0) is 15.7. The third-order valence-electron chi connectivity index (χ3n) is 4.35. The number of anilines is 1. The van der Waals surface area contributed by atoms with E-state index in [1.165, 1.54) is 0 Å². The summed E-state index contributed by atoms with van der Waals surface area (Å²) in [6.07, 6.45) is 1.81. The number of ether oxygens (including phenoxy) is 1. The van der Waals surface area contributed by atoms with E-state index in [0.29, 0.717) is 0 Å². The molecule has 1 aromatic carbocycles. The highest BCUT2D eigenvalue weighted by Crippen LogP contribution is 2.35. The van der Waals surface area contributed by atoms with Gasteiger partial charge in [0.2, 0.25) is 0 Å². The van der Waals surface area contributed by atoms with Crippen LogP contribution in [-0.4, -0.2) is 37.1 Å². The second kappa shape index (κ2) is 6.01. The smallest absolute Gasteiger partial charge is 0.253 e. The summed E-state index contributed by atoms with van der Waals surface area (Å²) in [5.41, 5.74) is 3.78. The van der Waals surface area contributed by atoms with Gasteiger partial charge in [-0.15, -0.1) is 0 Å². The molecule has 3 rings (SSSR count). The van der Waals surface area contributed by atoms with E-state index in [-0.39, 0.29) is 5.56 Å². The lowest BCUT2D eigenvalue weighted by atomic mass is 9.99. The van der Waals surface area contributed by atoms with E-state index in [9.17, 15) is 4.79 Å². The highest BCUT2D eigenvalue weighted by molar-refractivity contribution is 5.98. The molecular weight excluding hydrogens is 278 g/mol. The van der Waals surface area contributed by atoms with E-state index in [0.717, 1.165) is 65.9 Å². The number of aromatic nitrogens is 1. The van der Waals surface area contributed by atoms with E-state index in [4.69, 9.17) is 4.74 Å². The Morgan fingerprint density at radius 1 is 1.36 bits per heavy atom. The number of nitrogens with zero attached hydrogens (tertiary/aromatic N) is 1. The van der Waals surface area contributed by atoms with E-state index < -0.39 is 0 Å². The second-order valence-electron chi connectivity index (χ2n) is 5.89. The number of fused-ring (bicyclic) bond motifs is 3. The van der Waals surface area contributed by atoms with Gasteiger partial charge in [-0.25, -0.2) is 0 Å². The van der Waals surface area contributed by atoms with Gasteiger partial charge >= 0.3 is 0 Å². The van der Waals surface area contributed by atoms with Crippen LogP contribution in [0.3, 0.4) is 0 Å². The van der Waals surface area contributed by atoms with Gasteiger partial charge in [-0.2, -0.15) is 0 Å². The summed E-state index contributed by atoms with van der Waals surface area (Å²) in [6, 6.07) is 4.13. The van der Waals surface area contributed by atoms with Crippen molar-refractivity contribution in [1.82, 2.24) is 9.88 Å². The molecule has 0 aliphatic carbocycles. The van der Waals surface area contributed by atoms with Gasteiger partial charge in [-0.05, 0) is 44.1 Å². The molecule has 22 heavy (non-hydrogen) atoms. The topological polar surface area (TPSA) is 57.4 Å². The van der Waals surface area contributed by atoms with Crippen LogP contribution >= 0.6 is 0 Å². The van der Waals surface area contributed by atoms with Crippen LogP contribution in [0.2, 0.25) is 0 Å². The lowest BCUT2D eigenvalue weighted by Crippen LogP contribution is -2.22. The molecule has 0 amide bonds. The summed E-state index contributed by atoms with van der Waals surface area (Å²) >= 11 is 0. The molecule has 118 valence electrons. The summed E-state index contributed by atoms with van der Waals surface area (Å²) in [6.45, 7) is 4.83. The SMILES string of the molecule is CCN(C)Cc1cc(OC)c2c3c(c(=O)[nH]c2c1)CCCN3. The van der Waals surface area contributed by atoms with Gasteiger partial charge in [0.1, 0.15) is 5.75 Å². The monoisotopic (exact) mass is 301 g/mol. The van der Waals surface area contributed by atoms with Crippen LogP contribution < -0.4 is 15.6 Å². The number of rotatable bonds is 4. The molecule has 2 aromatic rings. The van der Waals surface area contributed by atoms with Gasteiger partial charge in [0, 0.05) is 18.7 Å². The molecule has 0 bridgehead atoms. The number of aromatic amines is 1. The summed E-state index contributed by atoms with van der Waals surface area (Å²) < 4.78 is 5.61. The summed E-state index contributed by atoms with van der Waals surface area (Å²) in [5, 5.41) is 4.37. The van der Waals surface area contributed by atoms with Gasteiger partial charge in [0.15, 0.2) is 0 Å². The second-order valence-corrected chi connectivity index (χ2v) is 5.89. The fourth-order valence-electron chi connectivity index (χ4n) is 3.08. The molecule has 1 aliphatic heterocycles. The maximum absolute atomic E-state index is 12.3. The van der Waals surface area contributed by atoms with Crippen molar-refractivity contribution in [3.63, 3.8) is 0 Å². The molecule has 0 atom stereocenters. The first kappa shape index (κ1) is 14.9. The van der Waals surface area contributed by atoms with Crippen LogP contribution in [0.1, 0.15) is 24.5 Å². The van der Waals surface area contributed by atoms with Crippen molar-refractivity contribution in [2.45, 2.75) is 26.3 Å². The average molecular weight is 301 g/mol. The zero-order valence-corrected chi connectivity index (χ0v) is 13.5. The predicted octanol–water partition coefficient (Wildman–Crippen LogP) is 2.35. The Morgan fingerprint density at radius 2 is 2.18 bits per heavy atom. The quantitative estimate of drug-likeness (QED) is 0.910. The van der Waals surface area contributed by atoms with Crippen LogP contribution in [0.5, 0.6) is 5.75 Å². The first-order valence-corrected chi connectivity index (χ1v) is 7.82. The number of benzene rings is 1. The Kier molecular flexibility index (Phi) is 4.07. The van der Waals surface area contributed by atoms with Crippen molar-refractivity contribution in [2.75, 3.05) is 32.6 Å². The van der Waals surface area contributed by atoms with Gasteiger partial charge in [0.25, 0.3) is 5.56 Å². The Bertz CT molecular complexity index is 752. The van der Waals surface area contributed by atoms with E-state index in [1.807, 2.05) is 0 Å². The number of pyridine rings is 1. The lowest BCUT2D eigenvalue weighted by molar-refractivity contribution is 0.344. The van der Waals surface area contributed by atoms with Crippen molar-refractivity contribution in [2.24, 2.45) is 0 Å². The Labute approximate surface area is 130 Å². The number of H-pyrrole nitrogens is 1. The highest BCUT2D eigenvalue weighted by atomic mass is 16.5. The van der Waals surface area contributed by atoms with Gasteiger partial charge in [-0.3, -0.25) is 4.79 Å². The molecule has 0 saturated carbocycles. The third kappa shape index (κ3) is 2.57. The molecule has 1 aliphatic rings. The fraction of sp³-hybridized carbons (Fsp3) is 0.471. The number of nitrogens with one attached hydrogen (secondary N) is 2. The molecule has 5 nitrogen and oxygen atoms in total. The van der Waals surface area contributed by atoms with Gasteiger partial charge < -0.3 is 19.9 Å². The highest BCUT2D eigenvalue weighted by Gasteiger charge is 2.19. The van der Waals surface area contributed by atoms with Crippen LogP contribution in [-0.2, 0) is 13.0 Å². The fourth-order valence-corrected chi connectivity index (χ4v) is 3.08. The summed E-state index contributed by atoms with van der Waals surface area (Å²) in [5.74, 6) is 0.818. The molecule has 0 fully saturated rings. The van der Waals surface area contributed by atoms with Crippen molar-refractivity contribution < 1.29 is 4.74 Å². The number of hydrogen-bond acceptors (Lipinski definition) is 4. The Hall–Kier alpha value is -2.01. The zero-order valence-electron chi connectivity index (χ0n) is 13.5. The van der Waals surface area contributed by atoms with Crippen LogP contribution in [0.25, 0.3) is 10.9 Å². The Balaban J connectivity index is 2.21. The van der Waals surface area contributed by atoms with E-state index in [2.05, 4.69) is 41.3 Å². The molecule has 2 heterocycles. The molecule has 0 spiro atoms. The molecule has 0 radical (unpaired) electrons. The predicted molar refractivity (Wildman–Crippen MR) is 89.9 cm³/mol.